The van der Waals surface area contributed by atoms with Crippen molar-refractivity contribution in [3.05, 3.63) is 78.4 Å². The molecule has 38 heavy (non-hydrogen) atoms. The predicted octanol–water partition coefficient (Wildman–Crippen LogP) is 5.05. The molecule has 202 valence electrons. The van der Waals surface area contributed by atoms with Crippen molar-refractivity contribution in [1.29, 1.82) is 0 Å². The Bertz CT molecular complexity index is 1470. The highest BCUT2D eigenvalue weighted by atomic mass is 32.2. The Labute approximate surface area is 229 Å². The average Bonchev–Trinajstić information content (AvgIpc) is 2.94. The number of anilines is 2. The number of amides is 1. The van der Waals surface area contributed by atoms with E-state index in [1.807, 2.05) is 6.26 Å². The van der Waals surface area contributed by atoms with E-state index in [1.54, 1.807) is 67.6 Å². The molecule has 3 aromatic carbocycles. The van der Waals surface area contributed by atoms with Crippen LogP contribution in [-0.4, -0.2) is 52.9 Å². The maximum atomic E-state index is 13.2. The van der Waals surface area contributed by atoms with Crippen molar-refractivity contribution in [3.63, 3.8) is 0 Å². The number of piperidine rings is 1. The molecule has 0 aromatic heterocycles. The van der Waals surface area contributed by atoms with Crippen molar-refractivity contribution in [3.8, 4) is 0 Å². The lowest BCUT2D eigenvalue weighted by Crippen LogP contribution is -2.35. The quantitative estimate of drug-likeness (QED) is 0.359. The molecule has 0 spiro atoms. The first-order valence-electron chi connectivity index (χ1n) is 12.4. The van der Waals surface area contributed by atoms with Crippen LogP contribution in [0.3, 0.4) is 0 Å². The van der Waals surface area contributed by atoms with Crippen LogP contribution in [0, 0.1) is 0 Å². The number of nitrogens with one attached hydrogen (secondary N) is 1. The largest absolute Gasteiger partial charge is 0.322 e. The lowest BCUT2D eigenvalue weighted by molar-refractivity contribution is 0.102. The number of rotatable bonds is 9. The number of hydrogen-bond donors (Lipinski definition) is 1. The second-order valence-corrected chi connectivity index (χ2v) is 13.5. The minimum Gasteiger partial charge on any atom is -0.322 e. The van der Waals surface area contributed by atoms with Gasteiger partial charge in [-0.15, -0.1) is 11.8 Å². The number of benzene rings is 3. The molecule has 1 amide bonds. The van der Waals surface area contributed by atoms with E-state index in [0.717, 1.165) is 24.2 Å². The summed E-state index contributed by atoms with van der Waals surface area (Å²) >= 11 is 1.54. The third-order valence-corrected chi connectivity index (χ3v) is 11.0. The molecule has 4 rings (SSSR count). The van der Waals surface area contributed by atoms with Gasteiger partial charge in [0.2, 0.25) is 10.0 Å². The molecule has 0 bridgehead atoms. The summed E-state index contributed by atoms with van der Waals surface area (Å²) in [5, 5.41) is 2.76. The standard InChI is InChI=1S/C27H31N3O5S3/c1-3-30(38(34,35)26-17-13-24(36-2)14-18-26)23-11-7-21(8-12-23)27(31)28-22-9-15-25(16-10-22)37(32,33)29-19-5-4-6-20-29/h7-18H,3-6,19-20H2,1-2H3,(H,28,31). The molecule has 0 atom stereocenters. The molecule has 1 aliphatic heterocycles. The van der Waals surface area contributed by atoms with Gasteiger partial charge in [0.1, 0.15) is 0 Å². The first kappa shape index (κ1) is 28.2. The fourth-order valence-corrected chi connectivity index (χ4v) is 7.71. The molecule has 1 heterocycles. The maximum absolute atomic E-state index is 13.2. The summed E-state index contributed by atoms with van der Waals surface area (Å²) < 4.78 is 54.9. The average molecular weight is 574 g/mol. The lowest BCUT2D eigenvalue weighted by atomic mass is 10.2. The van der Waals surface area contributed by atoms with E-state index >= 15 is 0 Å². The molecule has 11 heteroatoms. The van der Waals surface area contributed by atoms with Gasteiger partial charge in [-0.3, -0.25) is 9.10 Å². The van der Waals surface area contributed by atoms with Crippen molar-refractivity contribution in [2.24, 2.45) is 0 Å². The number of sulfonamides is 2. The summed E-state index contributed by atoms with van der Waals surface area (Å²) in [6, 6.07) is 19.2. The van der Waals surface area contributed by atoms with Crippen molar-refractivity contribution < 1.29 is 21.6 Å². The van der Waals surface area contributed by atoms with Crippen LogP contribution in [0.4, 0.5) is 11.4 Å². The molecule has 1 fully saturated rings. The maximum Gasteiger partial charge on any atom is 0.264 e. The molecule has 0 aliphatic carbocycles. The van der Waals surface area contributed by atoms with Gasteiger partial charge in [-0.05, 0) is 98.8 Å². The van der Waals surface area contributed by atoms with Crippen molar-refractivity contribution in [2.45, 2.75) is 40.9 Å². The van der Waals surface area contributed by atoms with Crippen LogP contribution in [0.2, 0.25) is 0 Å². The van der Waals surface area contributed by atoms with Crippen molar-refractivity contribution in [2.75, 3.05) is 35.5 Å². The number of hydrogen-bond acceptors (Lipinski definition) is 6. The highest BCUT2D eigenvalue weighted by molar-refractivity contribution is 7.98. The molecule has 1 N–H and O–H groups in total. The molecule has 1 aliphatic rings. The fourth-order valence-electron chi connectivity index (χ4n) is 4.31. The number of carbonyl (C=O) groups is 1. The molecule has 0 radical (unpaired) electrons. The van der Waals surface area contributed by atoms with Gasteiger partial charge in [0, 0.05) is 35.8 Å². The zero-order valence-corrected chi connectivity index (χ0v) is 23.8. The molecule has 8 nitrogen and oxygen atoms in total. The SMILES string of the molecule is CCN(c1ccc(C(=O)Nc2ccc(S(=O)(=O)N3CCCCC3)cc2)cc1)S(=O)(=O)c1ccc(SC)cc1. The summed E-state index contributed by atoms with van der Waals surface area (Å²) in [4.78, 5) is 14.2. The van der Waals surface area contributed by atoms with Crippen LogP contribution < -0.4 is 9.62 Å². The first-order valence-corrected chi connectivity index (χ1v) is 16.5. The third-order valence-electron chi connectivity index (χ3n) is 6.42. The van der Waals surface area contributed by atoms with Gasteiger partial charge in [0.15, 0.2) is 0 Å². The molecule has 0 saturated carbocycles. The minimum atomic E-state index is -3.76. The second kappa shape index (κ2) is 11.9. The Morgan fingerprint density at radius 1 is 0.842 bits per heavy atom. The Morgan fingerprint density at radius 2 is 1.42 bits per heavy atom. The summed E-state index contributed by atoms with van der Waals surface area (Å²) in [7, 11) is -7.31. The molecule has 3 aromatic rings. The van der Waals surface area contributed by atoms with Crippen LogP contribution in [-0.2, 0) is 20.0 Å². The summed E-state index contributed by atoms with van der Waals surface area (Å²) in [5.41, 5.74) is 1.25. The lowest BCUT2D eigenvalue weighted by Gasteiger charge is -2.25. The zero-order chi connectivity index (χ0) is 27.3. The minimum absolute atomic E-state index is 0.199. The van der Waals surface area contributed by atoms with E-state index < -0.39 is 20.0 Å². The Balaban J connectivity index is 1.45. The van der Waals surface area contributed by atoms with E-state index in [1.165, 1.54) is 32.5 Å². The fraction of sp³-hybridized carbons (Fsp3) is 0.296. The normalized spacial score (nSPS) is 14.7. The van der Waals surface area contributed by atoms with E-state index in [-0.39, 0.29) is 22.2 Å². The molecule has 0 unspecified atom stereocenters. The van der Waals surface area contributed by atoms with Crippen LogP contribution >= 0.6 is 11.8 Å². The van der Waals surface area contributed by atoms with E-state index in [0.29, 0.717) is 30.0 Å². The van der Waals surface area contributed by atoms with E-state index in [4.69, 9.17) is 0 Å². The monoisotopic (exact) mass is 573 g/mol. The van der Waals surface area contributed by atoms with Gasteiger partial charge in [-0.1, -0.05) is 6.42 Å². The Hall–Kier alpha value is -2.86. The van der Waals surface area contributed by atoms with Gasteiger partial charge in [-0.25, -0.2) is 16.8 Å². The number of nitrogens with zero attached hydrogens (tertiary/aromatic N) is 2. The van der Waals surface area contributed by atoms with Crippen LogP contribution in [0.1, 0.15) is 36.5 Å². The summed E-state index contributed by atoms with van der Waals surface area (Å²) in [5.74, 6) is -0.387. The zero-order valence-electron chi connectivity index (χ0n) is 21.3. The first-order chi connectivity index (χ1) is 18.2. The van der Waals surface area contributed by atoms with E-state index in [2.05, 4.69) is 5.32 Å². The number of thioether (sulfide) groups is 1. The Kier molecular flexibility index (Phi) is 8.81. The van der Waals surface area contributed by atoms with Crippen LogP contribution in [0.25, 0.3) is 0 Å². The molecular formula is C27H31N3O5S3. The topological polar surface area (TPSA) is 104 Å². The van der Waals surface area contributed by atoms with Crippen LogP contribution in [0.15, 0.2) is 87.5 Å². The van der Waals surface area contributed by atoms with Crippen molar-refractivity contribution in [1.82, 2.24) is 4.31 Å². The van der Waals surface area contributed by atoms with Crippen molar-refractivity contribution >= 4 is 49.1 Å². The smallest absolute Gasteiger partial charge is 0.264 e. The molecular weight excluding hydrogens is 543 g/mol. The van der Waals surface area contributed by atoms with Gasteiger partial charge in [0.05, 0.1) is 15.5 Å². The number of carbonyl (C=O) groups excluding carboxylic acids is 1. The van der Waals surface area contributed by atoms with Crippen LogP contribution in [0.5, 0.6) is 0 Å². The summed E-state index contributed by atoms with van der Waals surface area (Å²) in [6.07, 6.45) is 4.69. The van der Waals surface area contributed by atoms with Gasteiger partial charge < -0.3 is 5.32 Å². The molecule has 1 saturated heterocycles. The van der Waals surface area contributed by atoms with Gasteiger partial charge in [0.25, 0.3) is 15.9 Å². The Morgan fingerprint density at radius 3 is 1.97 bits per heavy atom. The second-order valence-electron chi connectivity index (χ2n) is 8.84. The van der Waals surface area contributed by atoms with Gasteiger partial charge >= 0.3 is 0 Å². The highest BCUT2D eigenvalue weighted by Crippen LogP contribution is 2.26. The third kappa shape index (κ3) is 6.06. The predicted molar refractivity (Wildman–Crippen MR) is 152 cm³/mol. The summed E-state index contributed by atoms with van der Waals surface area (Å²) in [6.45, 7) is 3.03. The van der Waals surface area contributed by atoms with E-state index in [9.17, 15) is 21.6 Å². The van der Waals surface area contributed by atoms with Gasteiger partial charge in [-0.2, -0.15) is 4.31 Å². The highest BCUT2D eigenvalue weighted by Gasteiger charge is 2.26.